The number of piperazine rings is 1. The van der Waals surface area contributed by atoms with Crippen molar-refractivity contribution in [2.75, 3.05) is 32.8 Å². The van der Waals surface area contributed by atoms with Gasteiger partial charge in [0.1, 0.15) is 10.8 Å². The molecule has 0 spiro atoms. The van der Waals surface area contributed by atoms with Gasteiger partial charge < -0.3 is 14.5 Å². The maximum Gasteiger partial charge on any atom is 0.409 e. The van der Waals surface area contributed by atoms with Crippen molar-refractivity contribution in [3.8, 4) is 10.6 Å². The van der Waals surface area contributed by atoms with Gasteiger partial charge in [-0.15, -0.1) is 11.3 Å². The molecule has 1 aliphatic heterocycles. The highest BCUT2D eigenvalue weighted by Crippen LogP contribution is 2.26. The van der Waals surface area contributed by atoms with Gasteiger partial charge in [-0.05, 0) is 19.1 Å². The highest BCUT2D eigenvalue weighted by molar-refractivity contribution is 7.13. The summed E-state index contributed by atoms with van der Waals surface area (Å²) in [6.07, 6.45) is -0.168. The molecule has 0 unspecified atom stereocenters. The van der Waals surface area contributed by atoms with Gasteiger partial charge in [-0.3, -0.25) is 4.79 Å². The van der Waals surface area contributed by atoms with E-state index in [1.165, 1.54) is 17.4 Å². The minimum absolute atomic E-state index is 0.0427. The van der Waals surface area contributed by atoms with Crippen LogP contribution in [0.4, 0.5) is 9.18 Å². The fourth-order valence-electron chi connectivity index (χ4n) is 2.77. The summed E-state index contributed by atoms with van der Waals surface area (Å²) in [5, 5.41) is 2.35. The third-order valence-electron chi connectivity index (χ3n) is 4.15. The Labute approximate surface area is 155 Å². The van der Waals surface area contributed by atoms with Gasteiger partial charge >= 0.3 is 6.09 Å². The molecule has 138 valence electrons. The highest BCUT2D eigenvalue weighted by atomic mass is 32.1. The number of rotatable bonds is 4. The number of amides is 2. The lowest BCUT2D eigenvalue weighted by molar-refractivity contribution is -0.132. The Morgan fingerprint density at radius 3 is 2.58 bits per heavy atom. The van der Waals surface area contributed by atoms with Crippen LogP contribution in [0.2, 0.25) is 0 Å². The van der Waals surface area contributed by atoms with Gasteiger partial charge in [0.2, 0.25) is 5.91 Å². The minimum Gasteiger partial charge on any atom is -0.450 e. The van der Waals surface area contributed by atoms with Crippen molar-refractivity contribution in [3.05, 3.63) is 41.2 Å². The lowest BCUT2D eigenvalue weighted by atomic mass is 10.2. The first-order valence-corrected chi connectivity index (χ1v) is 9.35. The lowest BCUT2D eigenvalue weighted by Crippen LogP contribution is -2.51. The second-order valence-electron chi connectivity index (χ2n) is 5.87. The molecule has 8 heteroatoms. The summed E-state index contributed by atoms with van der Waals surface area (Å²) < 4.78 is 18.8. The fourth-order valence-corrected chi connectivity index (χ4v) is 3.61. The number of thiazole rings is 1. The summed E-state index contributed by atoms with van der Waals surface area (Å²) in [5.74, 6) is -0.367. The first-order chi connectivity index (χ1) is 12.6. The number of hydrogen-bond donors (Lipinski definition) is 0. The zero-order chi connectivity index (χ0) is 18.5. The molecule has 0 atom stereocenters. The first kappa shape index (κ1) is 18.3. The molecule has 2 amide bonds. The summed E-state index contributed by atoms with van der Waals surface area (Å²) in [6.45, 7) is 3.97. The van der Waals surface area contributed by atoms with E-state index in [-0.39, 0.29) is 24.2 Å². The topological polar surface area (TPSA) is 62.7 Å². The quantitative estimate of drug-likeness (QED) is 0.822. The van der Waals surface area contributed by atoms with Crippen LogP contribution < -0.4 is 0 Å². The lowest BCUT2D eigenvalue weighted by Gasteiger charge is -2.34. The number of halogens is 1. The van der Waals surface area contributed by atoms with Crippen molar-refractivity contribution in [1.29, 1.82) is 0 Å². The maximum atomic E-state index is 13.8. The number of ether oxygens (including phenoxy) is 1. The normalized spacial score (nSPS) is 14.4. The molecule has 0 aliphatic carbocycles. The average Bonchev–Trinajstić information content (AvgIpc) is 3.10. The Kier molecular flexibility index (Phi) is 5.82. The molecule has 1 aromatic carbocycles. The molecule has 0 saturated carbocycles. The molecular formula is C18H20FN3O3S. The van der Waals surface area contributed by atoms with Crippen LogP contribution in [0, 0.1) is 5.82 Å². The van der Waals surface area contributed by atoms with Crippen LogP contribution in [0.1, 0.15) is 12.6 Å². The fraction of sp³-hybridized carbons (Fsp3) is 0.389. The number of nitrogens with zero attached hydrogens (tertiary/aromatic N) is 3. The van der Waals surface area contributed by atoms with Gasteiger partial charge in [0, 0.05) is 37.1 Å². The van der Waals surface area contributed by atoms with Crippen molar-refractivity contribution in [2.45, 2.75) is 13.3 Å². The monoisotopic (exact) mass is 377 g/mol. The zero-order valence-corrected chi connectivity index (χ0v) is 15.3. The van der Waals surface area contributed by atoms with E-state index < -0.39 is 0 Å². The van der Waals surface area contributed by atoms with E-state index in [2.05, 4.69) is 4.98 Å². The number of hydrogen-bond acceptors (Lipinski definition) is 5. The van der Waals surface area contributed by atoms with Crippen LogP contribution in [0.3, 0.4) is 0 Å². The largest absolute Gasteiger partial charge is 0.450 e. The molecule has 0 bridgehead atoms. The minimum atomic E-state index is -0.339. The Morgan fingerprint density at radius 2 is 1.88 bits per heavy atom. The van der Waals surface area contributed by atoms with Crippen LogP contribution in [-0.4, -0.2) is 59.6 Å². The van der Waals surface area contributed by atoms with Gasteiger partial charge in [0.25, 0.3) is 0 Å². The summed E-state index contributed by atoms with van der Waals surface area (Å²) in [5.41, 5.74) is 1.07. The predicted octanol–water partition coefficient (Wildman–Crippen LogP) is 2.79. The van der Waals surface area contributed by atoms with Gasteiger partial charge in [-0.2, -0.15) is 0 Å². The molecule has 1 aliphatic rings. The maximum absolute atomic E-state index is 13.8. The summed E-state index contributed by atoms with van der Waals surface area (Å²) in [7, 11) is 0. The zero-order valence-electron chi connectivity index (χ0n) is 14.5. The Balaban J connectivity index is 1.56. The van der Waals surface area contributed by atoms with Gasteiger partial charge in [0.15, 0.2) is 0 Å². The van der Waals surface area contributed by atoms with Crippen LogP contribution in [0.15, 0.2) is 29.6 Å². The molecule has 2 heterocycles. The predicted molar refractivity (Wildman–Crippen MR) is 96.4 cm³/mol. The second kappa shape index (κ2) is 8.27. The Morgan fingerprint density at radius 1 is 1.19 bits per heavy atom. The van der Waals surface area contributed by atoms with Crippen molar-refractivity contribution < 1.29 is 18.7 Å². The number of aromatic nitrogens is 1. The van der Waals surface area contributed by atoms with E-state index >= 15 is 0 Å². The van der Waals surface area contributed by atoms with Crippen LogP contribution in [0.5, 0.6) is 0 Å². The molecule has 26 heavy (non-hydrogen) atoms. The average molecular weight is 377 g/mol. The molecule has 1 fully saturated rings. The van der Waals surface area contributed by atoms with E-state index in [1.54, 1.807) is 40.3 Å². The number of carbonyl (C=O) groups excluding carboxylic acids is 2. The summed E-state index contributed by atoms with van der Waals surface area (Å²) in [4.78, 5) is 31.9. The summed E-state index contributed by atoms with van der Waals surface area (Å²) in [6, 6.07) is 6.46. The van der Waals surface area contributed by atoms with E-state index in [4.69, 9.17) is 4.74 Å². The highest BCUT2D eigenvalue weighted by Gasteiger charge is 2.25. The van der Waals surface area contributed by atoms with Gasteiger partial charge in [-0.25, -0.2) is 14.2 Å². The van der Waals surface area contributed by atoms with E-state index in [0.717, 1.165) is 0 Å². The third kappa shape index (κ3) is 4.19. The first-order valence-electron chi connectivity index (χ1n) is 8.47. The molecule has 6 nitrogen and oxygen atoms in total. The van der Waals surface area contributed by atoms with Crippen molar-refractivity contribution >= 4 is 23.3 Å². The van der Waals surface area contributed by atoms with Crippen molar-refractivity contribution in [1.82, 2.24) is 14.8 Å². The Bertz CT molecular complexity index is 787. The van der Waals surface area contributed by atoms with Crippen LogP contribution in [-0.2, 0) is 16.0 Å². The molecule has 0 N–H and O–H groups in total. The molecule has 2 aromatic rings. The van der Waals surface area contributed by atoms with E-state index in [0.29, 0.717) is 49.1 Å². The SMILES string of the molecule is CCOC(=O)N1CCN(C(=O)Cc2csc(-c3ccccc3F)n2)CC1. The van der Waals surface area contributed by atoms with Gasteiger partial charge in [0.05, 0.1) is 18.7 Å². The van der Waals surface area contributed by atoms with Crippen LogP contribution >= 0.6 is 11.3 Å². The third-order valence-corrected chi connectivity index (χ3v) is 5.07. The molecular weight excluding hydrogens is 357 g/mol. The Hall–Kier alpha value is -2.48. The van der Waals surface area contributed by atoms with E-state index in [1.807, 2.05) is 0 Å². The second-order valence-corrected chi connectivity index (χ2v) is 6.73. The molecule has 1 aromatic heterocycles. The summed E-state index contributed by atoms with van der Waals surface area (Å²) >= 11 is 1.32. The van der Waals surface area contributed by atoms with E-state index in [9.17, 15) is 14.0 Å². The molecule has 0 radical (unpaired) electrons. The number of benzene rings is 1. The smallest absolute Gasteiger partial charge is 0.409 e. The van der Waals surface area contributed by atoms with Crippen molar-refractivity contribution in [3.63, 3.8) is 0 Å². The molecule has 1 saturated heterocycles. The number of carbonyl (C=O) groups is 2. The van der Waals surface area contributed by atoms with Crippen molar-refractivity contribution in [2.24, 2.45) is 0 Å². The molecule has 3 rings (SSSR count). The van der Waals surface area contributed by atoms with Gasteiger partial charge in [-0.1, -0.05) is 12.1 Å². The standard InChI is InChI=1S/C18H20FN3O3S/c1-2-25-18(24)22-9-7-21(8-10-22)16(23)11-13-12-26-17(20-13)14-5-3-4-6-15(14)19/h3-6,12H,2,7-11H2,1H3. The van der Waals surface area contributed by atoms with Crippen LogP contribution in [0.25, 0.3) is 10.6 Å².